The van der Waals surface area contributed by atoms with Gasteiger partial charge in [-0.2, -0.15) is 0 Å². The summed E-state index contributed by atoms with van der Waals surface area (Å²) in [4.78, 5) is 12.5. The van der Waals surface area contributed by atoms with Crippen molar-refractivity contribution in [1.82, 2.24) is 4.57 Å². The Morgan fingerprint density at radius 3 is 2.36 bits per heavy atom. The molecule has 0 aliphatic rings. The first kappa shape index (κ1) is 15.8. The van der Waals surface area contributed by atoms with E-state index in [0.717, 1.165) is 17.0 Å². The second-order valence-electron chi connectivity index (χ2n) is 5.27. The number of hydrogen-bond donors (Lipinski definition) is 2. The number of benzene rings is 1. The first-order chi connectivity index (χ1) is 10.5. The Balaban J connectivity index is 2.57. The van der Waals surface area contributed by atoms with Crippen LogP contribution in [0.3, 0.4) is 0 Å². The van der Waals surface area contributed by atoms with Crippen molar-refractivity contribution in [2.75, 3.05) is 6.61 Å². The Morgan fingerprint density at radius 2 is 1.86 bits per heavy atom. The molecule has 1 aromatic heterocycles. The molecule has 0 radical (unpaired) electrons. The van der Waals surface area contributed by atoms with E-state index in [0.29, 0.717) is 6.61 Å². The molecule has 3 N–H and O–H groups in total. The number of nitrogen functional groups attached to an aromatic ring is 1. The molecule has 2 aromatic rings. The van der Waals surface area contributed by atoms with Crippen molar-refractivity contribution in [3.05, 3.63) is 52.3 Å². The van der Waals surface area contributed by atoms with Gasteiger partial charge in [0.2, 0.25) is 0 Å². The summed E-state index contributed by atoms with van der Waals surface area (Å²) in [6.45, 7) is 6.42. The maximum atomic E-state index is 12.5. The quantitative estimate of drug-likeness (QED) is 0.658. The molecule has 0 aliphatic heterocycles. The van der Waals surface area contributed by atoms with Gasteiger partial charge in [-0.1, -0.05) is 0 Å². The summed E-state index contributed by atoms with van der Waals surface area (Å²) in [5.41, 5.74) is 7.18. The predicted molar refractivity (Wildman–Crippen MR) is 88.7 cm³/mol. The summed E-state index contributed by atoms with van der Waals surface area (Å²) in [7, 11) is 0. The van der Waals surface area contributed by atoms with Crippen LogP contribution in [0.5, 0.6) is 5.75 Å². The number of ether oxygens (including phenoxy) is 1. The molecule has 0 spiro atoms. The van der Waals surface area contributed by atoms with Crippen molar-refractivity contribution in [3.8, 4) is 17.0 Å². The Kier molecular flexibility index (Phi) is 4.65. The van der Waals surface area contributed by atoms with Crippen LogP contribution in [0.1, 0.15) is 32.4 Å². The zero-order valence-corrected chi connectivity index (χ0v) is 13.1. The van der Waals surface area contributed by atoms with Gasteiger partial charge in [0.15, 0.2) is 0 Å². The molecule has 0 aliphatic carbocycles. The number of hydrogen-bond acceptors (Lipinski definition) is 3. The van der Waals surface area contributed by atoms with Crippen molar-refractivity contribution in [2.24, 2.45) is 5.73 Å². The second kappa shape index (κ2) is 6.47. The average Bonchev–Trinajstić information content (AvgIpc) is 2.47. The van der Waals surface area contributed by atoms with Gasteiger partial charge in [0.1, 0.15) is 11.6 Å². The Morgan fingerprint density at radius 1 is 1.23 bits per heavy atom. The summed E-state index contributed by atoms with van der Waals surface area (Å²) < 4.78 is 7.09. The van der Waals surface area contributed by atoms with Gasteiger partial charge in [-0.3, -0.25) is 10.2 Å². The van der Waals surface area contributed by atoms with Crippen LogP contribution in [0, 0.1) is 5.41 Å². The van der Waals surface area contributed by atoms with E-state index in [1.165, 1.54) is 0 Å². The lowest BCUT2D eigenvalue weighted by atomic mass is 10.1. The van der Waals surface area contributed by atoms with E-state index in [1.807, 2.05) is 51.1 Å². The molecule has 0 amide bonds. The second-order valence-corrected chi connectivity index (χ2v) is 5.27. The van der Waals surface area contributed by atoms with Crippen LogP contribution in [-0.2, 0) is 0 Å². The predicted octanol–water partition coefficient (Wildman–Crippen LogP) is 2.78. The first-order valence-electron chi connectivity index (χ1n) is 7.28. The molecular formula is C17H21N3O2. The van der Waals surface area contributed by atoms with Crippen molar-refractivity contribution >= 4 is 5.84 Å². The van der Waals surface area contributed by atoms with Crippen LogP contribution in [0.25, 0.3) is 11.3 Å². The van der Waals surface area contributed by atoms with Crippen LogP contribution in [0.2, 0.25) is 0 Å². The van der Waals surface area contributed by atoms with Crippen molar-refractivity contribution in [2.45, 2.75) is 26.8 Å². The number of nitrogens with two attached hydrogens (primary N) is 1. The summed E-state index contributed by atoms with van der Waals surface area (Å²) in [5, 5.41) is 7.51. The van der Waals surface area contributed by atoms with Crippen molar-refractivity contribution < 1.29 is 4.74 Å². The van der Waals surface area contributed by atoms with E-state index in [4.69, 9.17) is 15.9 Å². The SMILES string of the molecule is CCOc1ccc(-c2ccc(C(=N)N)c(=O)n2C(C)C)cc1. The van der Waals surface area contributed by atoms with Gasteiger partial charge in [0.25, 0.3) is 5.56 Å². The maximum Gasteiger partial charge on any atom is 0.262 e. The normalized spacial score (nSPS) is 10.7. The lowest BCUT2D eigenvalue weighted by Crippen LogP contribution is -2.31. The highest BCUT2D eigenvalue weighted by atomic mass is 16.5. The Hall–Kier alpha value is -2.56. The minimum Gasteiger partial charge on any atom is -0.494 e. The largest absolute Gasteiger partial charge is 0.494 e. The standard InChI is InChI=1S/C17H21N3O2/c1-4-22-13-7-5-12(6-8-13)15-10-9-14(16(18)19)17(21)20(15)11(2)3/h5-11H,4H2,1-3H3,(H3,18,19). The first-order valence-corrected chi connectivity index (χ1v) is 7.28. The molecule has 0 saturated heterocycles. The molecule has 1 heterocycles. The number of pyridine rings is 1. The molecule has 1 aromatic carbocycles. The Labute approximate surface area is 129 Å². The van der Waals surface area contributed by atoms with Gasteiger partial charge in [-0.15, -0.1) is 0 Å². The lowest BCUT2D eigenvalue weighted by molar-refractivity contribution is 0.340. The van der Waals surface area contributed by atoms with Crippen LogP contribution in [0.15, 0.2) is 41.2 Å². The number of nitrogens with one attached hydrogen (secondary N) is 1. The molecule has 0 atom stereocenters. The third kappa shape index (κ3) is 3.03. The molecule has 5 heteroatoms. The van der Waals surface area contributed by atoms with Crippen LogP contribution in [0.4, 0.5) is 0 Å². The van der Waals surface area contributed by atoms with Crippen LogP contribution in [-0.4, -0.2) is 17.0 Å². The van der Waals surface area contributed by atoms with E-state index in [-0.39, 0.29) is 23.0 Å². The van der Waals surface area contributed by atoms with Gasteiger partial charge in [0, 0.05) is 6.04 Å². The monoisotopic (exact) mass is 299 g/mol. The number of amidine groups is 1. The van der Waals surface area contributed by atoms with Gasteiger partial charge < -0.3 is 15.0 Å². The van der Waals surface area contributed by atoms with Gasteiger partial charge in [0.05, 0.1) is 17.9 Å². The fourth-order valence-corrected chi connectivity index (χ4v) is 2.39. The molecule has 0 bridgehead atoms. The molecule has 5 nitrogen and oxygen atoms in total. The summed E-state index contributed by atoms with van der Waals surface area (Å²) in [6.07, 6.45) is 0. The fourth-order valence-electron chi connectivity index (χ4n) is 2.39. The van der Waals surface area contributed by atoms with E-state index in [9.17, 15) is 4.79 Å². The maximum absolute atomic E-state index is 12.5. The Bertz CT molecular complexity index is 731. The van der Waals surface area contributed by atoms with E-state index in [1.54, 1.807) is 10.6 Å². The number of nitrogens with zero attached hydrogens (tertiary/aromatic N) is 1. The van der Waals surface area contributed by atoms with Gasteiger partial charge in [-0.25, -0.2) is 0 Å². The highest BCUT2D eigenvalue weighted by Gasteiger charge is 2.14. The third-order valence-electron chi connectivity index (χ3n) is 3.38. The molecular weight excluding hydrogens is 278 g/mol. The molecule has 116 valence electrons. The molecule has 22 heavy (non-hydrogen) atoms. The van der Waals surface area contributed by atoms with E-state index < -0.39 is 0 Å². The molecule has 0 unspecified atom stereocenters. The zero-order chi connectivity index (χ0) is 16.3. The van der Waals surface area contributed by atoms with E-state index >= 15 is 0 Å². The highest BCUT2D eigenvalue weighted by molar-refractivity contribution is 5.94. The molecule has 0 fully saturated rings. The summed E-state index contributed by atoms with van der Waals surface area (Å²) in [5.74, 6) is 0.586. The molecule has 0 saturated carbocycles. The van der Waals surface area contributed by atoms with Gasteiger partial charge in [-0.05, 0) is 62.7 Å². The topological polar surface area (TPSA) is 81.1 Å². The average molecular weight is 299 g/mol. The van der Waals surface area contributed by atoms with Crippen LogP contribution < -0.4 is 16.0 Å². The molecule has 2 rings (SSSR count). The van der Waals surface area contributed by atoms with E-state index in [2.05, 4.69) is 0 Å². The summed E-state index contributed by atoms with van der Waals surface area (Å²) in [6, 6.07) is 11.0. The lowest BCUT2D eigenvalue weighted by Gasteiger charge is -2.18. The van der Waals surface area contributed by atoms with Crippen molar-refractivity contribution in [1.29, 1.82) is 5.41 Å². The number of rotatable bonds is 5. The van der Waals surface area contributed by atoms with Crippen LogP contribution >= 0.6 is 0 Å². The van der Waals surface area contributed by atoms with Gasteiger partial charge >= 0.3 is 0 Å². The number of aromatic nitrogens is 1. The fraction of sp³-hybridized carbons (Fsp3) is 0.294. The summed E-state index contributed by atoms with van der Waals surface area (Å²) >= 11 is 0. The zero-order valence-electron chi connectivity index (χ0n) is 13.1. The minimum absolute atomic E-state index is 0.0339. The van der Waals surface area contributed by atoms with Crippen molar-refractivity contribution in [3.63, 3.8) is 0 Å². The third-order valence-corrected chi connectivity index (χ3v) is 3.38. The minimum atomic E-state index is -0.242. The highest BCUT2D eigenvalue weighted by Crippen LogP contribution is 2.24. The smallest absolute Gasteiger partial charge is 0.262 e.